The molecule has 1 N–H and O–H groups in total. The van der Waals surface area contributed by atoms with Crippen molar-refractivity contribution >= 4 is 17.7 Å². The minimum absolute atomic E-state index is 0.277. The lowest BCUT2D eigenvalue weighted by Gasteiger charge is -2.17. The van der Waals surface area contributed by atoms with Crippen molar-refractivity contribution in [2.75, 3.05) is 7.11 Å². The molecule has 0 aromatic heterocycles. The summed E-state index contributed by atoms with van der Waals surface area (Å²) < 4.78 is 4.45. The summed E-state index contributed by atoms with van der Waals surface area (Å²) in [6.07, 6.45) is 0.617. The van der Waals surface area contributed by atoms with E-state index in [2.05, 4.69) is 10.1 Å². The van der Waals surface area contributed by atoms with Crippen LogP contribution in [0.2, 0.25) is 0 Å². The molecule has 5 heteroatoms. The number of carbonyl (C=O) groups is 3. The van der Waals surface area contributed by atoms with Gasteiger partial charge in [0, 0.05) is 12.8 Å². The number of amides is 1. The molecule has 0 aromatic rings. The molecule has 1 amide bonds. The van der Waals surface area contributed by atoms with Crippen LogP contribution in [-0.4, -0.2) is 30.8 Å². The molecule has 2 atom stereocenters. The highest BCUT2D eigenvalue weighted by atomic mass is 16.5. The number of ether oxygens (including phenoxy) is 1. The molecular formula is C10H17NO4. The summed E-state index contributed by atoms with van der Waals surface area (Å²) in [7, 11) is 1.18. The van der Waals surface area contributed by atoms with Gasteiger partial charge in [-0.3, -0.25) is 9.59 Å². The zero-order valence-corrected chi connectivity index (χ0v) is 9.49. The van der Waals surface area contributed by atoms with Crippen molar-refractivity contribution in [3.8, 4) is 0 Å². The van der Waals surface area contributed by atoms with Gasteiger partial charge in [0.1, 0.15) is 0 Å². The van der Waals surface area contributed by atoms with Crippen LogP contribution in [0.25, 0.3) is 0 Å². The Morgan fingerprint density at radius 3 is 2.20 bits per heavy atom. The maximum Gasteiger partial charge on any atom is 0.336 e. The highest BCUT2D eigenvalue weighted by Gasteiger charge is 2.30. The average molecular weight is 215 g/mol. The number of nitrogens with one attached hydrogen (secondary N) is 1. The van der Waals surface area contributed by atoms with Crippen molar-refractivity contribution in [3.63, 3.8) is 0 Å². The first-order valence-electron chi connectivity index (χ1n) is 4.82. The van der Waals surface area contributed by atoms with E-state index in [9.17, 15) is 14.4 Å². The molecule has 0 aliphatic rings. The van der Waals surface area contributed by atoms with E-state index in [-0.39, 0.29) is 11.7 Å². The molecule has 15 heavy (non-hydrogen) atoms. The fourth-order valence-electron chi connectivity index (χ4n) is 1.05. The predicted molar refractivity (Wildman–Crippen MR) is 54.1 cm³/mol. The molecule has 0 aromatic carbocycles. The van der Waals surface area contributed by atoms with Gasteiger partial charge in [0.2, 0.25) is 5.91 Å². The number of esters is 1. The van der Waals surface area contributed by atoms with Crippen LogP contribution in [0, 0.1) is 5.92 Å². The number of ketones is 1. The van der Waals surface area contributed by atoms with Gasteiger partial charge in [0.15, 0.2) is 11.8 Å². The van der Waals surface area contributed by atoms with Crippen molar-refractivity contribution in [1.82, 2.24) is 5.32 Å². The summed E-state index contributed by atoms with van der Waals surface area (Å²) in [4.78, 5) is 33.8. The van der Waals surface area contributed by atoms with Gasteiger partial charge in [-0.05, 0) is 6.42 Å². The van der Waals surface area contributed by atoms with Gasteiger partial charge >= 0.3 is 5.97 Å². The monoisotopic (exact) mass is 215 g/mol. The summed E-state index contributed by atoms with van der Waals surface area (Å²) in [5.41, 5.74) is 0. The second kappa shape index (κ2) is 6.16. The van der Waals surface area contributed by atoms with E-state index in [1.54, 1.807) is 6.92 Å². The van der Waals surface area contributed by atoms with Crippen LogP contribution in [0.4, 0.5) is 0 Å². The summed E-state index contributed by atoms with van der Waals surface area (Å²) in [6.45, 7) is 4.80. The second-order valence-corrected chi connectivity index (χ2v) is 3.37. The lowest BCUT2D eigenvalue weighted by atomic mass is 9.97. The molecule has 0 rings (SSSR count). The molecule has 2 unspecified atom stereocenters. The van der Waals surface area contributed by atoms with Crippen LogP contribution in [0.15, 0.2) is 0 Å². The fraction of sp³-hybridized carbons (Fsp3) is 0.700. The highest BCUT2D eigenvalue weighted by Crippen LogP contribution is 2.06. The lowest BCUT2D eigenvalue weighted by molar-refractivity contribution is -0.149. The predicted octanol–water partition coefficient (Wildman–Crippen LogP) is 0.279. The molecule has 5 nitrogen and oxygen atoms in total. The maximum atomic E-state index is 11.7. The quantitative estimate of drug-likeness (QED) is 0.528. The number of carbonyl (C=O) groups excluding carboxylic acids is 3. The Balaban J connectivity index is 4.69. The largest absolute Gasteiger partial charge is 0.467 e. The second-order valence-electron chi connectivity index (χ2n) is 3.37. The van der Waals surface area contributed by atoms with E-state index in [1.165, 1.54) is 14.0 Å². The van der Waals surface area contributed by atoms with Gasteiger partial charge in [-0.2, -0.15) is 0 Å². The number of methoxy groups -OCH3 is 1. The van der Waals surface area contributed by atoms with Gasteiger partial charge < -0.3 is 10.1 Å². The third-order valence-corrected chi connectivity index (χ3v) is 2.17. The molecular weight excluding hydrogens is 198 g/mol. The number of hydrogen-bond acceptors (Lipinski definition) is 4. The van der Waals surface area contributed by atoms with E-state index in [4.69, 9.17) is 0 Å². The smallest absolute Gasteiger partial charge is 0.336 e. The number of hydrogen-bond donors (Lipinski definition) is 1. The van der Waals surface area contributed by atoms with Crippen molar-refractivity contribution in [1.29, 1.82) is 0 Å². The van der Waals surface area contributed by atoms with E-state index < -0.39 is 17.9 Å². The molecule has 0 heterocycles. The Bertz CT molecular complexity index is 262. The van der Waals surface area contributed by atoms with Crippen molar-refractivity contribution < 1.29 is 19.1 Å². The lowest BCUT2D eigenvalue weighted by Crippen LogP contribution is -2.48. The maximum absolute atomic E-state index is 11.7. The van der Waals surface area contributed by atoms with Crippen molar-refractivity contribution in [3.05, 3.63) is 0 Å². The molecule has 0 spiro atoms. The Morgan fingerprint density at radius 2 is 1.87 bits per heavy atom. The molecule has 0 radical (unpaired) electrons. The normalized spacial score (nSPS) is 13.9. The SMILES string of the molecule is CCC(C)C(=O)C(NC(C)=O)C(=O)OC. The Morgan fingerprint density at radius 1 is 1.33 bits per heavy atom. The van der Waals surface area contributed by atoms with E-state index in [1.807, 2.05) is 6.92 Å². The van der Waals surface area contributed by atoms with Crippen LogP contribution in [0.1, 0.15) is 27.2 Å². The third kappa shape index (κ3) is 4.10. The summed E-state index contributed by atoms with van der Waals surface area (Å²) in [6, 6.07) is -1.18. The molecule has 0 saturated heterocycles. The molecule has 0 saturated carbocycles. The Kier molecular flexibility index (Phi) is 5.59. The molecule has 0 fully saturated rings. The summed E-state index contributed by atoms with van der Waals surface area (Å²) in [5, 5.41) is 2.28. The van der Waals surface area contributed by atoms with Gasteiger partial charge in [-0.1, -0.05) is 13.8 Å². The minimum atomic E-state index is -1.18. The van der Waals surface area contributed by atoms with E-state index >= 15 is 0 Å². The van der Waals surface area contributed by atoms with Crippen LogP contribution in [0.3, 0.4) is 0 Å². The number of rotatable bonds is 5. The standard InChI is InChI=1S/C10H17NO4/c1-5-6(2)9(13)8(10(14)15-4)11-7(3)12/h6,8H,5H2,1-4H3,(H,11,12). The Labute approximate surface area is 89.2 Å². The first-order valence-corrected chi connectivity index (χ1v) is 4.82. The number of Topliss-reactive ketones (excluding diaryl/α,β-unsaturated/α-hetero) is 1. The van der Waals surface area contributed by atoms with Gasteiger partial charge in [-0.15, -0.1) is 0 Å². The van der Waals surface area contributed by atoms with Crippen molar-refractivity contribution in [2.24, 2.45) is 5.92 Å². The molecule has 0 aliphatic heterocycles. The van der Waals surface area contributed by atoms with Gasteiger partial charge in [-0.25, -0.2) is 4.79 Å². The Hall–Kier alpha value is -1.39. The minimum Gasteiger partial charge on any atom is -0.467 e. The average Bonchev–Trinajstić information content (AvgIpc) is 2.22. The summed E-state index contributed by atoms with van der Waals surface area (Å²) >= 11 is 0. The van der Waals surface area contributed by atoms with Crippen LogP contribution >= 0.6 is 0 Å². The molecule has 86 valence electrons. The van der Waals surface area contributed by atoms with E-state index in [0.29, 0.717) is 6.42 Å². The van der Waals surface area contributed by atoms with Crippen molar-refractivity contribution in [2.45, 2.75) is 33.2 Å². The zero-order chi connectivity index (χ0) is 12.0. The molecule has 0 bridgehead atoms. The van der Waals surface area contributed by atoms with Gasteiger partial charge in [0.05, 0.1) is 7.11 Å². The fourth-order valence-corrected chi connectivity index (χ4v) is 1.05. The third-order valence-electron chi connectivity index (χ3n) is 2.17. The van der Waals surface area contributed by atoms with Crippen LogP contribution in [-0.2, 0) is 19.1 Å². The zero-order valence-electron chi connectivity index (χ0n) is 9.49. The first kappa shape index (κ1) is 13.6. The summed E-state index contributed by atoms with van der Waals surface area (Å²) in [5.74, 6) is -1.75. The first-order chi connectivity index (χ1) is 6.93. The molecule has 0 aliphatic carbocycles. The van der Waals surface area contributed by atoms with Crippen LogP contribution < -0.4 is 5.32 Å². The van der Waals surface area contributed by atoms with Crippen LogP contribution in [0.5, 0.6) is 0 Å². The van der Waals surface area contributed by atoms with Gasteiger partial charge in [0.25, 0.3) is 0 Å². The topological polar surface area (TPSA) is 72.5 Å². The highest BCUT2D eigenvalue weighted by molar-refractivity contribution is 6.06. The van der Waals surface area contributed by atoms with E-state index in [0.717, 1.165) is 0 Å².